The molecule has 1 unspecified atom stereocenters. The molecule has 2 aliphatic carbocycles. The first-order valence-corrected chi connectivity index (χ1v) is 17.8. The van der Waals surface area contributed by atoms with E-state index in [1.807, 2.05) is 19.9 Å². The molecule has 2 fully saturated rings. The Morgan fingerprint density at radius 1 is 1.02 bits per heavy atom. The van der Waals surface area contributed by atoms with Gasteiger partial charge in [-0.2, -0.15) is 0 Å². The number of likely N-dealkylation sites (tertiary alicyclic amines) is 1. The van der Waals surface area contributed by atoms with Crippen molar-refractivity contribution < 1.29 is 19.2 Å². The molecule has 6 rings (SSSR count). The van der Waals surface area contributed by atoms with Gasteiger partial charge in [0.2, 0.25) is 23.6 Å². The van der Waals surface area contributed by atoms with Crippen LogP contribution in [0.4, 0.5) is 0 Å². The van der Waals surface area contributed by atoms with Crippen molar-refractivity contribution in [2.24, 2.45) is 29.4 Å². The summed E-state index contributed by atoms with van der Waals surface area (Å²) in [5, 5.41) is 7.38. The van der Waals surface area contributed by atoms with Crippen LogP contribution < -0.4 is 16.4 Å². The summed E-state index contributed by atoms with van der Waals surface area (Å²) in [5.41, 5.74) is 10.3. The van der Waals surface area contributed by atoms with Gasteiger partial charge in [0.15, 0.2) is 0 Å². The molecule has 254 valence electrons. The molecule has 5 N–H and O–H groups in total. The van der Waals surface area contributed by atoms with E-state index in [1.165, 1.54) is 30.2 Å². The number of benzene rings is 1. The summed E-state index contributed by atoms with van der Waals surface area (Å²) in [5.74, 6) is -1.50. The van der Waals surface area contributed by atoms with E-state index < -0.39 is 18.0 Å². The van der Waals surface area contributed by atoms with Crippen LogP contribution in [-0.2, 0) is 25.6 Å². The Balaban J connectivity index is 1.17. The minimum atomic E-state index is -0.792. The summed E-state index contributed by atoms with van der Waals surface area (Å²) in [6.07, 6.45) is 13.8. The van der Waals surface area contributed by atoms with E-state index in [2.05, 4.69) is 52.0 Å². The van der Waals surface area contributed by atoms with E-state index in [0.717, 1.165) is 42.3 Å². The van der Waals surface area contributed by atoms with E-state index in [0.29, 0.717) is 38.3 Å². The highest BCUT2D eigenvalue weighted by molar-refractivity contribution is 6.00. The number of likely N-dealkylation sites (N-methyl/N-ethyl adjacent to an activating group) is 1. The number of amides is 4. The lowest BCUT2D eigenvalue weighted by molar-refractivity contribution is -0.140. The third kappa shape index (κ3) is 7.12. The Morgan fingerprint density at radius 2 is 1.81 bits per heavy atom. The fourth-order valence-electron chi connectivity index (χ4n) is 8.44. The molecular formula is C37H52N6O4. The van der Waals surface area contributed by atoms with Crippen LogP contribution in [0.25, 0.3) is 16.5 Å². The molecule has 4 amide bonds. The largest absolute Gasteiger partial charge is 0.369 e. The zero-order valence-corrected chi connectivity index (χ0v) is 28.2. The molecule has 0 radical (unpaired) electrons. The van der Waals surface area contributed by atoms with Crippen LogP contribution >= 0.6 is 0 Å². The summed E-state index contributed by atoms with van der Waals surface area (Å²) >= 11 is 0. The van der Waals surface area contributed by atoms with Crippen molar-refractivity contribution in [3.8, 4) is 0 Å². The molecule has 4 aliphatic rings. The Morgan fingerprint density at radius 3 is 2.55 bits per heavy atom. The Hall–Kier alpha value is -3.66. The highest BCUT2D eigenvalue weighted by atomic mass is 16.2. The number of carbonyl (C=O) groups is 4. The molecule has 10 nitrogen and oxygen atoms in total. The van der Waals surface area contributed by atoms with Crippen LogP contribution in [0.15, 0.2) is 30.5 Å². The fourth-order valence-corrected chi connectivity index (χ4v) is 8.44. The molecule has 0 bridgehead atoms. The van der Waals surface area contributed by atoms with Gasteiger partial charge in [0.25, 0.3) is 0 Å². The molecule has 10 heteroatoms. The molecule has 2 aromatic rings. The topological polar surface area (TPSA) is 141 Å². The third-order valence-corrected chi connectivity index (χ3v) is 11.2. The second kappa shape index (κ2) is 14.2. The molecule has 1 aromatic carbocycles. The van der Waals surface area contributed by atoms with Crippen molar-refractivity contribution >= 4 is 40.1 Å². The first kappa shape index (κ1) is 33.2. The molecule has 3 heterocycles. The van der Waals surface area contributed by atoms with Gasteiger partial charge in [-0.1, -0.05) is 64.2 Å². The van der Waals surface area contributed by atoms with Gasteiger partial charge in [0, 0.05) is 42.8 Å². The number of nitrogens with one attached hydrogen (secondary N) is 3. The number of hydrogen-bond donors (Lipinski definition) is 4. The quantitative estimate of drug-likeness (QED) is 0.312. The number of piperidine rings is 1. The van der Waals surface area contributed by atoms with Gasteiger partial charge < -0.3 is 26.3 Å². The molecule has 1 saturated heterocycles. The second-order valence-electron chi connectivity index (χ2n) is 14.8. The van der Waals surface area contributed by atoms with Crippen LogP contribution in [0, 0.1) is 23.7 Å². The number of H-pyrrole nitrogens is 1. The van der Waals surface area contributed by atoms with Crippen molar-refractivity contribution in [2.75, 3.05) is 26.7 Å². The van der Waals surface area contributed by atoms with Gasteiger partial charge >= 0.3 is 0 Å². The molecule has 1 aromatic heterocycles. The third-order valence-electron chi connectivity index (χ3n) is 11.2. The molecule has 1 saturated carbocycles. The summed E-state index contributed by atoms with van der Waals surface area (Å²) in [4.78, 5) is 61.0. The lowest BCUT2D eigenvalue weighted by Crippen LogP contribution is -2.58. The molecule has 5 atom stereocenters. The maximum atomic E-state index is 14.0. The first-order valence-electron chi connectivity index (χ1n) is 17.8. The van der Waals surface area contributed by atoms with Gasteiger partial charge in [0.05, 0.1) is 11.8 Å². The van der Waals surface area contributed by atoms with Crippen LogP contribution in [0.3, 0.4) is 0 Å². The lowest BCUT2D eigenvalue weighted by atomic mass is 9.79. The smallest absolute Gasteiger partial charge is 0.245 e. The Labute approximate surface area is 278 Å². The van der Waals surface area contributed by atoms with E-state index in [4.69, 9.17) is 5.73 Å². The lowest BCUT2D eigenvalue weighted by Gasteiger charge is -2.40. The van der Waals surface area contributed by atoms with Crippen molar-refractivity contribution in [1.82, 2.24) is 25.4 Å². The van der Waals surface area contributed by atoms with Crippen molar-refractivity contribution in [1.29, 1.82) is 0 Å². The van der Waals surface area contributed by atoms with E-state index in [-0.39, 0.29) is 48.1 Å². The number of nitrogens with zero attached hydrogens (tertiary/aromatic N) is 2. The van der Waals surface area contributed by atoms with E-state index in [9.17, 15) is 19.2 Å². The second-order valence-corrected chi connectivity index (χ2v) is 14.8. The maximum absolute atomic E-state index is 14.0. The zero-order valence-electron chi connectivity index (χ0n) is 28.2. The van der Waals surface area contributed by atoms with Crippen molar-refractivity contribution in [3.05, 3.63) is 41.6 Å². The summed E-state index contributed by atoms with van der Waals surface area (Å²) in [7, 11) is 2.06. The van der Waals surface area contributed by atoms with Gasteiger partial charge in [-0.3, -0.25) is 24.1 Å². The summed E-state index contributed by atoms with van der Waals surface area (Å²) in [6, 6.07) is 4.95. The zero-order chi connectivity index (χ0) is 33.2. The van der Waals surface area contributed by atoms with E-state index >= 15 is 0 Å². The van der Waals surface area contributed by atoms with Gasteiger partial charge in [-0.15, -0.1) is 0 Å². The number of primary amides is 1. The number of fused-ring (bicyclic) bond motifs is 2. The van der Waals surface area contributed by atoms with Crippen LogP contribution in [0.5, 0.6) is 0 Å². The van der Waals surface area contributed by atoms with Crippen molar-refractivity contribution in [2.45, 2.75) is 96.2 Å². The Bertz CT molecular complexity index is 1520. The number of aromatic nitrogens is 1. The number of carbonyl (C=O) groups excluding carboxylic acids is 4. The monoisotopic (exact) mass is 644 g/mol. The predicted molar refractivity (Wildman–Crippen MR) is 183 cm³/mol. The number of aromatic amines is 1. The average molecular weight is 645 g/mol. The van der Waals surface area contributed by atoms with Crippen molar-refractivity contribution in [3.63, 3.8) is 0 Å². The highest BCUT2D eigenvalue weighted by Crippen LogP contribution is 2.41. The standard InChI is InChI=1S/C37H52N6O4/c1-22(2)33(41-35(45)26-17-28-27-12-7-13-29-32(27)25(19-39-29)18-31(28)42(3)20-26)36(46)40-30(15-14-23-9-5-4-6-10-23)37(47)43-16-8-11-24(21-43)34(38)44/h7,12-13,17,19,22-24,26,30-31,33,39H,4-6,8-11,14-16,18,20-21H2,1-3H3,(H2,38,44)(H,40,46)(H,41,45)/t24?,26-,30+,31-,33+/m1/s1. The minimum Gasteiger partial charge on any atom is -0.369 e. The SMILES string of the molecule is CC(C)[C@H](NC(=O)[C@@H]1C=C2c3cccc4[nH]cc(c34)C[C@H]2N(C)C1)C(=O)N[C@@H](CCC1CCCCC1)C(=O)N1CCCC(C(N)=O)C1. The summed E-state index contributed by atoms with van der Waals surface area (Å²) < 4.78 is 0. The molecule has 47 heavy (non-hydrogen) atoms. The first-order chi connectivity index (χ1) is 22.6. The van der Waals surface area contributed by atoms with Gasteiger partial charge in [-0.25, -0.2) is 0 Å². The van der Waals surface area contributed by atoms with Gasteiger partial charge in [-0.05, 0) is 73.8 Å². The van der Waals surface area contributed by atoms with Crippen LogP contribution in [0.2, 0.25) is 0 Å². The minimum absolute atomic E-state index is 0.158. The molecule has 0 spiro atoms. The normalized spacial score (nSPS) is 24.7. The average Bonchev–Trinajstić information content (AvgIpc) is 3.49. The summed E-state index contributed by atoms with van der Waals surface area (Å²) in [6.45, 7) is 5.23. The predicted octanol–water partition coefficient (Wildman–Crippen LogP) is 3.75. The van der Waals surface area contributed by atoms with Crippen LogP contribution in [0.1, 0.15) is 82.8 Å². The fraction of sp³-hybridized carbons (Fsp3) is 0.622. The van der Waals surface area contributed by atoms with Gasteiger partial charge in [0.1, 0.15) is 12.1 Å². The van der Waals surface area contributed by atoms with Crippen LogP contribution in [-0.4, -0.2) is 83.2 Å². The number of rotatable bonds is 10. The Kier molecular flexibility index (Phi) is 10.1. The molecule has 2 aliphatic heterocycles. The maximum Gasteiger partial charge on any atom is 0.245 e. The molecular weight excluding hydrogens is 592 g/mol. The number of hydrogen-bond acceptors (Lipinski definition) is 5. The van der Waals surface area contributed by atoms with E-state index in [1.54, 1.807) is 4.90 Å². The highest BCUT2D eigenvalue weighted by Gasteiger charge is 2.38. The number of nitrogens with two attached hydrogens (primary N) is 1.